The van der Waals surface area contributed by atoms with E-state index in [1.54, 1.807) is 7.11 Å². The van der Waals surface area contributed by atoms with Gasteiger partial charge in [-0.3, -0.25) is 9.59 Å². The Morgan fingerprint density at radius 1 is 1.04 bits per heavy atom. The Kier molecular flexibility index (Phi) is 6.57. The van der Waals surface area contributed by atoms with Gasteiger partial charge in [-0.15, -0.1) is 0 Å². The van der Waals surface area contributed by atoms with E-state index in [0.717, 1.165) is 28.1 Å². The quantitative estimate of drug-likeness (QED) is 0.784. The number of ether oxygens (including phenoxy) is 2. The summed E-state index contributed by atoms with van der Waals surface area (Å²) in [5.41, 5.74) is 3.84. The zero-order valence-electron chi connectivity index (χ0n) is 14.8. The number of methoxy groups -OCH3 is 1. The average Bonchev–Trinajstić information content (AvgIpc) is 2.61. The Labute approximate surface area is 148 Å². The molecule has 2 aromatic rings. The largest absolute Gasteiger partial charge is 0.497 e. The van der Waals surface area contributed by atoms with Gasteiger partial charge in [-0.25, -0.2) is 0 Å². The highest BCUT2D eigenvalue weighted by atomic mass is 16.5. The van der Waals surface area contributed by atoms with Gasteiger partial charge in [0.1, 0.15) is 5.75 Å². The van der Waals surface area contributed by atoms with Gasteiger partial charge in [0.15, 0.2) is 6.61 Å². The molecular formula is C20H23NO4. The summed E-state index contributed by atoms with van der Waals surface area (Å²) in [4.78, 5) is 23.7. The zero-order chi connectivity index (χ0) is 18.2. The van der Waals surface area contributed by atoms with Crippen LogP contribution in [-0.4, -0.2) is 25.6 Å². The van der Waals surface area contributed by atoms with Crippen LogP contribution in [0.15, 0.2) is 42.5 Å². The Bertz CT molecular complexity index is 738. The summed E-state index contributed by atoms with van der Waals surface area (Å²) >= 11 is 0. The maximum Gasteiger partial charge on any atom is 0.306 e. The summed E-state index contributed by atoms with van der Waals surface area (Å²) in [6, 6.07) is 13.2. The summed E-state index contributed by atoms with van der Waals surface area (Å²) in [6.45, 7) is 3.63. The van der Waals surface area contributed by atoms with Crippen molar-refractivity contribution >= 4 is 17.6 Å². The highest BCUT2D eigenvalue weighted by molar-refractivity contribution is 5.93. The lowest BCUT2D eigenvalue weighted by molar-refractivity contribution is -0.147. The molecule has 0 bridgehead atoms. The van der Waals surface area contributed by atoms with E-state index in [2.05, 4.69) is 5.32 Å². The SMILES string of the molecule is COc1ccc(CCC(=O)OCC(=O)Nc2ccc(C)cc2C)cc1. The molecule has 1 N–H and O–H groups in total. The van der Waals surface area contributed by atoms with Crippen LogP contribution in [0, 0.1) is 13.8 Å². The molecule has 1 amide bonds. The van der Waals surface area contributed by atoms with Crippen molar-refractivity contribution in [2.24, 2.45) is 0 Å². The third-order valence-electron chi connectivity index (χ3n) is 3.80. The minimum atomic E-state index is -0.397. The Hall–Kier alpha value is -2.82. The first kappa shape index (κ1) is 18.5. The third-order valence-corrected chi connectivity index (χ3v) is 3.80. The number of aryl methyl sites for hydroxylation is 3. The van der Waals surface area contributed by atoms with E-state index >= 15 is 0 Å². The van der Waals surface area contributed by atoms with Crippen LogP contribution in [0.25, 0.3) is 0 Å². The number of rotatable bonds is 7. The van der Waals surface area contributed by atoms with Gasteiger partial charge in [0, 0.05) is 12.1 Å². The van der Waals surface area contributed by atoms with Crippen molar-refractivity contribution in [1.29, 1.82) is 0 Å². The predicted octanol–water partition coefficient (Wildman–Crippen LogP) is 3.43. The molecule has 0 spiro atoms. The molecule has 25 heavy (non-hydrogen) atoms. The van der Waals surface area contributed by atoms with Crippen LogP contribution in [0.3, 0.4) is 0 Å². The number of carbonyl (C=O) groups is 2. The van der Waals surface area contributed by atoms with Gasteiger partial charge in [-0.05, 0) is 49.6 Å². The molecule has 132 valence electrons. The molecule has 0 radical (unpaired) electrons. The van der Waals surface area contributed by atoms with Crippen molar-refractivity contribution in [3.63, 3.8) is 0 Å². The molecule has 0 atom stereocenters. The van der Waals surface area contributed by atoms with Crippen LogP contribution in [0.5, 0.6) is 5.75 Å². The van der Waals surface area contributed by atoms with Crippen LogP contribution >= 0.6 is 0 Å². The fourth-order valence-electron chi connectivity index (χ4n) is 2.40. The highest BCUT2D eigenvalue weighted by Crippen LogP contribution is 2.16. The minimum Gasteiger partial charge on any atom is -0.497 e. The zero-order valence-corrected chi connectivity index (χ0v) is 14.8. The second kappa shape index (κ2) is 8.87. The molecule has 2 rings (SSSR count). The van der Waals surface area contributed by atoms with Crippen molar-refractivity contribution < 1.29 is 19.1 Å². The fourth-order valence-corrected chi connectivity index (χ4v) is 2.40. The molecule has 5 nitrogen and oxygen atoms in total. The number of benzene rings is 2. The van der Waals surface area contributed by atoms with Crippen molar-refractivity contribution in [2.75, 3.05) is 19.0 Å². The van der Waals surface area contributed by atoms with Crippen LogP contribution in [0.4, 0.5) is 5.69 Å². The lowest BCUT2D eigenvalue weighted by Gasteiger charge is -2.09. The molecule has 0 aliphatic carbocycles. The van der Waals surface area contributed by atoms with E-state index in [4.69, 9.17) is 9.47 Å². The first-order valence-electron chi connectivity index (χ1n) is 8.13. The second-order valence-electron chi connectivity index (χ2n) is 5.88. The number of amides is 1. The fraction of sp³-hybridized carbons (Fsp3) is 0.300. The van der Waals surface area contributed by atoms with Gasteiger partial charge < -0.3 is 14.8 Å². The topological polar surface area (TPSA) is 64.6 Å². The van der Waals surface area contributed by atoms with E-state index in [0.29, 0.717) is 6.42 Å². The summed E-state index contributed by atoms with van der Waals surface area (Å²) in [6.07, 6.45) is 0.782. The lowest BCUT2D eigenvalue weighted by Crippen LogP contribution is -2.21. The van der Waals surface area contributed by atoms with Gasteiger partial charge in [-0.1, -0.05) is 29.8 Å². The molecule has 0 heterocycles. The second-order valence-corrected chi connectivity index (χ2v) is 5.88. The van der Waals surface area contributed by atoms with Crippen LogP contribution in [0.2, 0.25) is 0 Å². The Balaban J connectivity index is 1.74. The smallest absolute Gasteiger partial charge is 0.306 e. The molecule has 2 aromatic carbocycles. The number of nitrogens with one attached hydrogen (secondary N) is 1. The normalized spacial score (nSPS) is 10.2. The monoisotopic (exact) mass is 341 g/mol. The van der Waals surface area contributed by atoms with Crippen molar-refractivity contribution in [3.05, 3.63) is 59.2 Å². The number of carbonyl (C=O) groups excluding carboxylic acids is 2. The molecular weight excluding hydrogens is 318 g/mol. The lowest BCUT2D eigenvalue weighted by atomic mass is 10.1. The first-order valence-corrected chi connectivity index (χ1v) is 8.13. The summed E-state index contributed by atoms with van der Waals surface area (Å²) in [7, 11) is 1.61. The Morgan fingerprint density at radius 3 is 2.40 bits per heavy atom. The van der Waals surface area contributed by atoms with Gasteiger partial charge in [0.05, 0.1) is 7.11 Å². The molecule has 0 unspecified atom stereocenters. The van der Waals surface area contributed by atoms with Crippen LogP contribution in [0.1, 0.15) is 23.1 Å². The molecule has 0 aliphatic heterocycles. The van der Waals surface area contributed by atoms with E-state index in [1.807, 2.05) is 56.3 Å². The molecule has 0 aromatic heterocycles. The summed E-state index contributed by atoms with van der Waals surface area (Å²) in [5.74, 6) is 0.0331. The summed E-state index contributed by atoms with van der Waals surface area (Å²) < 4.78 is 10.1. The number of esters is 1. The molecule has 0 fully saturated rings. The van der Waals surface area contributed by atoms with Crippen molar-refractivity contribution in [1.82, 2.24) is 0 Å². The van der Waals surface area contributed by atoms with E-state index in [1.165, 1.54) is 0 Å². The number of anilines is 1. The van der Waals surface area contributed by atoms with Crippen molar-refractivity contribution in [2.45, 2.75) is 26.7 Å². The third kappa shape index (κ3) is 5.95. The maximum atomic E-state index is 11.9. The molecule has 0 aliphatic rings. The summed E-state index contributed by atoms with van der Waals surface area (Å²) in [5, 5.41) is 2.75. The van der Waals surface area contributed by atoms with Gasteiger partial charge >= 0.3 is 5.97 Å². The minimum absolute atomic E-state index is 0.225. The maximum absolute atomic E-state index is 11.9. The predicted molar refractivity (Wildman–Crippen MR) is 96.8 cm³/mol. The number of hydrogen-bond acceptors (Lipinski definition) is 4. The van der Waals surface area contributed by atoms with Gasteiger partial charge in [-0.2, -0.15) is 0 Å². The highest BCUT2D eigenvalue weighted by Gasteiger charge is 2.09. The van der Waals surface area contributed by atoms with E-state index in [9.17, 15) is 9.59 Å². The standard InChI is InChI=1S/C20H23NO4/c1-14-4-10-18(15(2)12-14)21-19(22)13-25-20(23)11-7-16-5-8-17(24-3)9-6-16/h4-6,8-10,12H,7,11,13H2,1-3H3,(H,21,22). The van der Waals surface area contributed by atoms with Gasteiger partial charge in [0.2, 0.25) is 0 Å². The van der Waals surface area contributed by atoms with Crippen LogP contribution in [-0.2, 0) is 20.7 Å². The molecule has 0 saturated carbocycles. The van der Waals surface area contributed by atoms with Gasteiger partial charge in [0.25, 0.3) is 5.91 Å². The first-order chi connectivity index (χ1) is 12.0. The Morgan fingerprint density at radius 2 is 1.76 bits per heavy atom. The van der Waals surface area contributed by atoms with E-state index < -0.39 is 5.97 Å². The number of hydrogen-bond donors (Lipinski definition) is 1. The molecule has 0 saturated heterocycles. The molecule has 5 heteroatoms. The van der Waals surface area contributed by atoms with Crippen LogP contribution < -0.4 is 10.1 Å². The average molecular weight is 341 g/mol. The van der Waals surface area contributed by atoms with Crippen molar-refractivity contribution in [3.8, 4) is 5.75 Å². The van der Waals surface area contributed by atoms with E-state index in [-0.39, 0.29) is 18.9 Å².